The number of carbonyl (C=O) groups excluding carboxylic acids is 1. The third kappa shape index (κ3) is 3.76. The Morgan fingerprint density at radius 1 is 1.32 bits per heavy atom. The number of rotatable bonds is 2. The molecule has 0 spiro atoms. The lowest BCUT2D eigenvalue weighted by atomic mass is 10.2. The minimum absolute atomic E-state index is 0.0553. The summed E-state index contributed by atoms with van der Waals surface area (Å²) in [5, 5.41) is -0.653. The number of aromatic nitrogens is 1. The van der Waals surface area contributed by atoms with Crippen molar-refractivity contribution in [3.05, 3.63) is 22.8 Å². The molecule has 1 aliphatic rings. The molecule has 1 aliphatic heterocycles. The minimum Gasteiger partial charge on any atom is -0.352 e. The van der Waals surface area contributed by atoms with Gasteiger partial charge in [0.15, 0.2) is 0 Å². The number of hydrogen-bond donors (Lipinski definition) is 0. The number of pyridine rings is 1. The van der Waals surface area contributed by atoms with Crippen LogP contribution in [0.3, 0.4) is 0 Å². The van der Waals surface area contributed by atoms with Gasteiger partial charge < -0.3 is 9.80 Å². The Hall–Kier alpha value is -1.21. The minimum atomic E-state index is -4.48. The fourth-order valence-corrected chi connectivity index (χ4v) is 2.63. The molecule has 122 valence electrons. The second kappa shape index (κ2) is 6.50. The third-order valence-electron chi connectivity index (χ3n) is 3.38. The van der Waals surface area contributed by atoms with Gasteiger partial charge in [-0.2, -0.15) is 13.2 Å². The maximum atomic E-state index is 12.6. The van der Waals surface area contributed by atoms with E-state index in [1.54, 1.807) is 16.7 Å². The maximum Gasteiger partial charge on any atom is 0.417 e. The molecule has 1 atom stereocenters. The van der Waals surface area contributed by atoms with Crippen LogP contribution in [0.2, 0.25) is 5.02 Å². The van der Waals surface area contributed by atoms with Gasteiger partial charge in [-0.05, 0) is 13.0 Å². The van der Waals surface area contributed by atoms with Gasteiger partial charge in [0.05, 0.1) is 10.6 Å². The van der Waals surface area contributed by atoms with Crippen molar-refractivity contribution in [2.75, 3.05) is 31.1 Å². The molecular weight excluding hydrogens is 342 g/mol. The van der Waals surface area contributed by atoms with Gasteiger partial charge in [-0.1, -0.05) is 11.6 Å². The lowest BCUT2D eigenvalue weighted by Crippen LogP contribution is -2.50. The molecule has 22 heavy (non-hydrogen) atoms. The summed E-state index contributed by atoms with van der Waals surface area (Å²) >= 11 is 11.7. The molecule has 2 heterocycles. The van der Waals surface area contributed by atoms with E-state index in [1.807, 2.05) is 0 Å². The number of carbonyl (C=O) groups is 1. The quantitative estimate of drug-likeness (QED) is 0.765. The Kier molecular flexibility index (Phi) is 5.07. The Labute approximate surface area is 135 Å². The van der Waals surface area contributed by atoms with E-state index in [9.17, 15) is 18.0 Å². The van der Waals surface area contributed by atoms with E-state index in [1.165, 1.54) is 0 Å². The average molecular weight is 356 g/mol. The highest BCUT2D eigenvalue weighted by molar-refractivity contribution is 6.33. The Morgan fingerprint density at radius 2 is 1.91 bits per heavy atom. The standard InChI is InChI=1S/C13H14Cl2F3N3O/c1-8(14)12(22)21-4-2-20(3-5-21)11-10(15)6-9(7-19-11)13(16,17)18/h6-8H,2-5H2,1H3/t8-/m0/s1. The first-order valence-corrected chi connectivity index (χ1v) is 7.42. The SMILES string of the molecule is C[C@H](Cl)C(=O)N1CCN(c2ncc(C(F)(F)F)cc2Cl)CC1. The molecule has 9 heteroatoms. The molecule has 0 N–H and O–H groups in total. The van der Waals surface area contributed by atoms with Crippen molar-refractivity contribution in [1.29, 1.82) is 0 Å². The number of nitrogens with zero attached hydrogens (tertiary/aromatic N) is 3. The van der Waals surface area contributed by atoms with Gasteiger partial charge in [-0.25, -0.2) is 4.98 Å². The van der Waals surface area contributed by atoms with Gasteiger partial charge in [-0.3, -0.25) is 4.79 Å². The summed E-state index contributed by atoms with van der Waals surface area (Å²) in [6.07, 6.45) is -3.71. The predicted octanol–water partition coefficient (Wildman–Crippen LogP) is 3.03. The number of amides is 1. The van der Waals surface area contributed by atoms with Crippen LogP contribution in [0.25, 0.3) is 0 Å². The largest absolute Gasteiger partial charge is 0.417 e. The van der Waals surface area contributed by atoms with Crippen molar-refractivity contribution < 1.29 is 18.0 Å². The van der Waals surface area contributed by atoms with Crippen LogP contribution in [0.5, 0.6) is 0 Å². The number of alkyl halides is 4. The van der Waals surface area contributed by atoms with E-state index in [2.05, 4.69) is 4.98 Å². The molecule has 1 aromatic heterocycles. The van der Waals surface area contributed by atoms with Crippen molar-refractivity contribution in [2.45, 2.75) is 18.5 Å². The molecule has 1 aromatic rings. The molecule has 0 bridgehead atoms. The molecule has 0 aliphatic carbocycles. The van der Waals surface area contributed by atoms with Crippen LogP contribution in [-0.2, 0) is 11.0 Å². The topological polar surface area (TPSA) is 36.4 Å². The van der Waals surface area contributed by atoms with Crippen LogP contribution in [0.1, 0.15) is 12.5 Å². The van der Waals surface area contributed by atoms with Crippen LogP contribution in [0, 0.1) is 0 Å². The summed E-state index contributed by atoms with van der Waals surface area (Å²) in [6.45, 7) is 3.33. The van der Waals surface area contributed by atoms with Gasteiger partial charge in [-0.15, -0.1) is 11.6 Å². The zero-order chi connectivity index (χ0) is 16.5. The summed E-state index contributed by atoms with van der Waals surface area (Å²) in [4.78, 5) is 19.0. The highest BCUT2D eigenvalue weighted by Gasteiger charge is 2.32. The second-order valence-electron chi connectivity index (χ2n) is 4.96. The fraction of sp³-hybridized carbons (Fsp3) is 0.538. The third-order valence-corrected chi connectivity index (χ3v) is 3.85. The second-order valence-corrected chi connectivity index (χ2v) is 6.02. The van der Waals surface area contributed by atoms with Gasteiger partial charge in [0, 0.05) is 32.4 Å². The Balaban J connectivity index is 2.07. The van der Waals surface area contributed by atoms with Crippen LogP contribution >= 0.6 is 23.2 Å². The lowest BCUT2D eigenvalue weighted by Gasteiger charge is -2.36. The molecule has 0 unspecified atom stereocenters. The van der Waals surface area contributed by atoms with Crippen LogP contribution < -0.4 is 4.90 Å². The Morgan fingerprint density at radius 3 is 2.36 bits per heavy atom. The van der Waals surface area contributed by atoms with E-state index in [-0.39, 0.29) is 10.9 Å². The van der Waals surface area contributed by atoms with E-state index < -0.39 is 17.1 Å². The van der Waals surface area contributed by atoms with Gasteiger partial charge in [0.2, 0.25) is 5.91 Å². The summed E-state index contributed by atoms with van der Waals surface area (Å²) in [6, 6.07) is 0.863. The lowest BCUT2D eigenvalue weighted by molar-refractivity contribution is -0.137. The zero-order valence-electron chi connectivity index (χ0n) is 11.7. The van der Waals surface area contributed by atoms with E-state index in [0.717, 1.165) is 12.3 Å². The van der Waals surface area contributed by atoms with E-state index >= 15 is 0 Å². The average Bonchev–Trinajstić information content (AvgIpc) is 2.45. The first-order chi connectivity index (χ1) is 10.2. The van der Waals surface area contributed by atoms with Crippen molar-refractivity contribution >= 4 is 34.9 Å². The van der Waals surface area contributed by atoms with Crippen molar-refractivity contribution in [3.8, 4) is 0 Å². The number of piperazine rings is 1. The maximum absolute atomic E-state index is 12.6. The molecule has 1 saturated heterocycles. The van der Waals surface area contributed by atoms with Crippen molar-refractivity contribution in [1.82, 2.24) is 9.88 Å². The van der Waals surface area contributed by atoms with Gasteiger partial charge in [0.25, 0.3) is 0 Å². The molecule has 2 rings (SSSR count). The molecule has 4 nitrogen and oxygen atoms in total. The predicted molar refractivity (Wildman–Crippen MR) is 78.4 cm³/mol. The fourth-order valence-electron chi connectivity index (χ4n) is 2.21. The van der Waals surface area contributed by atoms with Crippen LogP contribution in [-0.4, -0.2) is 47.3 Å². The summed E-state index contributed by atoms with van der Waals surface area (Å²) in [5.74, 6) is 0.133. The number of hydrogen-bond acceptors (Lipinski definition) is 3. The molecule has 0 saturated carbocycles. The van der Waals surface area contributed by atoms with Crippen LogP contribution in [0.15, 0.2) is 12.3 Å². The molecule has 0 aromatic carbocycles. The van der Waals surface area contributed by atoms with Gasteiger partial charge in [0.1, 0.15) is 11.2 Å². The number of halogens is 5. The highest BCUT2D eigenvalue weighted by atomic mass is 35.5. The molecular formula is C13H14Cl2F3N3O. The summed E-state index contributed by atoms with van der Waals surface area (Å²) in [5.41, 5.74) is -0.883. The normalized spacial score (nSPS) is 17.5. The van der Waals surface area contributed by atoms with Crippen molar-refractivity contribution in [3.63, 3.8) is 0 Å². The van der Waals surface area contributed by atoms with E-state index in [0.29, 0.717) is 32.0 Å². The van der Waals surface area contributed by atoms with E-state index in [4.69, 9.17) is 23.2 Å². The zero-order valence-corrected chi connectivity index (χ0v) is 13.2. The monoisotopic (exact) mass is 355 g/mol. The molecule has 1 amide bonds. The smallest absolute Gasteiger partial charge is 0.352 e. The summed E-state index contributed by atoms with van der Waals surface area (Å²) in [7, 11) is 0. The van der Waals surface area contributed by atoms with Crippen LogP contribution in [0.4, 0.5) is 19.0 Å². The van der Waals surface area contributed by atoms with Gasteiger partial charge >= 0.3 is 6.18 Å². The van der Waals surface area contributed by atoms with Crippen molar-refractivity contribution in [2.24, 2.45) is 0 Å². The Bertz CT molecular complexity index is 558. The summed E-state index contributed by atoms with van der Waals surface area (Å²) < 4.78 is 37.8. The molecule has 1 fully saturated rings. The number of anilines is 1. The molecule has 0 radical (unpaired) electrons. The first-order valence-electron chi connectivity index (χ1n) is 6.60. The first kappa shape index (κ1) is 17.1. The highest BCUT2D eigenvalue weighted by Crippen LogP contribution is 2.33.